The maximum absolute atomic E-state index is 12.3. The quantitative estimate of drug-likeness (QED) is 0.601. The third-order valence-electron chi connectivity index (χ3n) is 3.71. The second kappa shape index (κ2) is 7.85. The highest BCUT2D eigenvalue weighted by Crippen LogP contribution is 2.34. The van der Waals surface area contributed by atoms with Crippen LogP contribution in [0.1, 0.15) is 20.7 Å². The number of hydrogen-bond acceptors (Lipinski definition) is 6. The van der Waals surface area contributed by atoms with Crippen molar-refractivity contribution in [1.82, 2.24) is 0 Å². The summed E-state index contributed by atoms with van der Waals surface area (Å²) in [6.45, 7) is -0.571. The van der Waals surface area contributed by atoms with Gasteiger partial charge in [0.25, 0.3) is 5.91 Å². The minimum atomic E-state index is -0.760. The summed E-state index contributed by atoms with van der Waals surface area (Å²) < 4.78 is 15.3. The Bertz CT molecular complexity index is 920. The Morgan fingerprint density at radius 3 is 2.52 bits per heavy atom. The average molecular weight is 410 g/mol. The molecule has 27 heavy (non-hydrogen) atoms. The molecule has 1 N–H and O–H groups in total. The molecule has 3 rings (SSSR count). The smallest absolute Gasteiger partial charge is 0.338 e. The van der Waals surface area contributed by atoms with E-state index in [1.807, 2.05) is 0 Å². The lowest BCUT2D eigenvalue weighted by Crippen LogP contribution is -2.25. The highest BCUT2D eigenvalue weighted by atomic mass is 35.5. The molecule has 2 aromatic carbocycles. The van der Waals surface area contributed by atoms with Crippen molar-refractivity contribution in [3.63, 3.8) is 0 Å². The molecule has 0 aromatic heterocycles. The lowest BCUT2D eigenvalue weighted by atomic mass is 10.1. The standard InChI is InChI=1S/C18H13Cl2NO6/c1-25-17-11(19)4-10(5-12(17)20)18(24)27-7-14(22)9-2-3-15-13(6-9)21-16(23)8-26-15/h2-6H,7-8H2,1H3,(H,21,23). The van der Waals surface area contributed by atoms with Gasteiger partial charge in [-0.2, -0.15) is 0 Å². The molecule has 1 heterocycles. The predicted octanol–water partition coefficient (Wildman–Crippen LogP) is 3.37. The van der Waals surface area contributed by atoms with Crippen LogP contribution >= 0.6 is 23.2 Å². The SMILES string of the molecule is COc1c(Cl)cc(C(=O)OCC(=O)c2ccc3c(c2)NC(=O)CO3)cc1Cl. The summed E-state index contributed by atoms with van der Waals surface area (Å²) in [6.07, 6.45) is 0. The Balaban J connectivity index is 1.68. The second-order valence-corrected chi connectivity index (χ2v) is 6.33. The Labute approximate surface area is 164 Å². The van der Waals surface area contributed by atoms with Crippen molar-refractivity contribution < 1.29 is 28.6 Å². The fraction of sp³-hybridized carbons (Fsp3) is 0.167. The second-order valence-electron chi connectivity index (χ2n) is 5.52. The molecule has 140 valence electrons. The highest BCUT2D eigenvalue weighted by Gasteiger charge is 2.19. The van der Waals surface area contributed by atoms with Crippen molar-refractivity contribution in [3.8, 4) is 11.5 Å². The van der Waals surface area contributed by atoms with Crippen LogP contribution in [-0.2, 0) is 9.53 Å². The molecule has 9 heteroatoms. The first-order valence-electron chi connectivity index (χ1n) is 7.69. The lowest BCUT2D eigenvalue weighted by Gasteiger charge is -2.18. The van der Waals surface area contributed by atoms with E-state index in [-0.39, 0.29) is 39.4 Å². The van der Waals surface area contributed by atoms with Crippen LogP contribution in [0, 0.1) is 0 Å². The zero-order chi connectivity index (χ0) is 19.6. The molecule has 1 amide bonds. The lowest BCUT2D eigenvalue weighted by molar-refractivity contribution is -0.118. The number of rotatable bonds is 5. The summed E-state index contributed by atoms with van der Waals surface area (Å²) >= 11 is 12.0. The number of carbonyl (C=O) groups is 3. The maximum atomic E-state index is 12.3. The van der Waals surface area contributed by atoms with Gasteiger partial charge < -0.3 is 19.5 Å². The number of methoxy groups -OCH3 is 1. The maximum Gasteiger partial charge on any atom is 0.338 e. The van der Waals surface area contributed by atoms with Crippen LogP contribution in [-0.4, -0.2) is 38.0 Å². The van der Waals surface area contributed by atoms with E-state index in [1.54, 1.807) is 6.07 Å². The third kappa shape index (κ3) is 4.15. The third-order valence-corrected chi connectivity index (χ3v) is 4.27. The van der Waals surface area contributed by atoms with Crippen molar-refractivity contribution in [3.05, 3.63) is 51.5 Å². The number of ether oxygens (including phenoxy) is 3. The van der Waals surface area contributed by atoms with Crippen molar-refractivity contribution in [2.45, 2.75) is 0 Å². The zero-order valence-electron chi connectivity index (χ0n) is 14.0. The Morgan fingerprint density at radius 1 is 1.15 bits per heavy atom. The molecule has 2 aromatic rings. The van der Waals surface area contributed by atoms with Gasteiger partial charge in [-0.05, 0) is 30.3 Å². The first-order valence-corrected chi connectivity index (χ1v) is 8.44. The van der Waals surface area contributed by atoms with E-state index >= 15 is 0 Å². The summed E-state index contributed by atoms with van der Waals surface area (Å²) in [4.78, 5) is 35.8. The van der Waals surface area contributed by atoms with Crippen LogP contribution in [0.15, 0.2) is 30.3 Å². The van der Waals surface area contributed by atoms with Crippen LogP contribution in [0.5, 0.6) is 11.5 Å². The van der Waals surface area contributed by atoms with E-state index < -0.39 is 18.4 Å². The average Bonchev–Trinajstić information content (AvgIpc) is 2.64. The fourth-order valence-corrected chi connectivity index (χ4v) is 3.07. The molecule has 1 aliphatic rings. The summed E-state index contributed by atoms with van der Waals surface area (Å²) in [5.74, 6) is -0.817. The number of amides is 1. The molecule has 0 bridgehead atoms. The van der Waals surface area contributed by atoms with Gasteiger partial charge in [0.05, 0.1) is 28.4 Å². The molecule has 0 saturated carbocycles. The number of nitrogens with one attached hydrogen (secondary N) is 1. The number of hydrogen-bond donors (Lipinski definition) is 1. The van der Waals surface area contributed by atoms with Crippen LogP contribution in [0.25, 0.3) is 0 Å². The van der Waals surface area contributed by atoms with Crippen LogP contribution < -0.4 is 14.8 Å². The molecule has 0 radical (unpaired) electrons. The summed E-state index contributed by atoms with van der Waals surface area (Å²) in [6, 6.07) is 7.22. The Hall–Kier alpha value is -2.77. The summed E-state index contributed by atoms with van der Waals surface area (Å²) in [7, 11) is 1.40. The monoisotopic (exact) mass is 409 g/mol. The van der Waals surface area contributed by atoms with Crippen LogP contribution in [0.3, 0.4) is 0 Å². The molecule has 1 aliphatic heterocycles. The van der Waals surface area contributed by atoms with Gasteiger partial charge >= 0.3 is 5.97 Å². The predicted molar refractivity (Wildman–Crippen MR) is 98.2 cm³/mol. The number of carbonyl (C=O) groups excluding carboxylic acids is 3. The minimum Gasteiger partial charge on any atom is -0.494 e. The van der Waals surface area contributed by atoms with Gasteiger partial charge in [0.2, 0.25) is 0 Å². The van der Waals surface area contributed by atoms with Crippen LogP contribution in [0.2, 0.25) is 10.0 Å². The largest absolute Gasteiger partial charge is 0.494 e. The number of Topliss-reactive ketones (excluding diaryl/α,β-unsaturated/α-hetero) is 1. The molecule has 0 saturated heterocycles. The van der Waals surface area contributed by atoms with Gasteiger partial charge in [-0.25, -0.2) is 4.79 Å². The van der Waals surface area contributed by atoms with Gasteiger partial charge in [0, 0.05) is 5.56 Å². The van der Waals surface area contributed by atoms with Crippen molar-refractivity contribution in [2.75, 3.05) is 25.6 Å². The number of ketones is 1. The number of halogens is 2. The number of esters is 1. The minimum absolute atomic E-state index is 0.0785. The van der Waals surface area contributed by atoms with Gasteiger partial charge in [-0.3, -0.25) is 9.59 Å². The van der Waals surface area contributed by atoms with Gasteiger partial charge in [0.1, 0.15) is 5.75 Å². The Morgan fingerprint density at radius 2 is 1.85 bits per heavy atom. The Kier molecular flexibility index (Phi) is 5.53. The van der Waals surface area contributed by atoms with E-state index in [1.165, 1.54) is 31.4 Å². The summed E-state index contributed by atoms with van der Waals surface area (Å²) in [5, 5.41) is 2.90. The number of benzene rings is 2. The van der Waals surface area contributed by atoms with E-state index in [0.29, 0.717) is 11.4 Å². The molecule has 0 fully saturated rings. The molecule has 0 atom stereocenters. The fourth-order valence-electron chi connectivity index (χ4n) is 2.43. The number of fused-ring (bicyclic) bond motifs is 1. The first-order chi connectivity index (χ1) is 12.9. The zero-order valence-corrected chi connectivity index (χ0v) is 15.5. The van der Waals surface area contributed by atoms with E-state index in [0.717, 1.165) is 0 Å². The van der Waals surface area contributed by atoms with E-state index in [4.69, 9.17) is 37.4 Å². The molecule has 0 unspecified atom stereocenters. The van der Waals surface area contributed by atoms with Crippen LogP contribution in [0.4, 0.5) is 5.69 Å². The number of anilines is 1. The van der Waals surface area contributed by atoms with Gasteiger partial charge in [-0.1, -0.05) is 23.2 Å². The highest BCUT2D eigenvalue weighted by molar-refractivity contribution is 6.37. The van der Waals surface area contributed by atoms with Gasteiger partial charge in [-0.15, -0.1) is 0 Å². The molecular formula is C18H13Cl2NO6. The molecule has 0 aliphatic carbocycles. The molecular weight excluding hydrogens is 397 g/mol. The topological polar surface area (TPSA) is 90.9 Å². The normalized spacial score (nSPS) is 12.5. The molecule has 7 nitrogen and oxygen atoms in total. The summed E-state index contributed by atoms with van der Waals surface area (Å²) in [5.41, 5.74) is 0.736. The first kappa shape index (κ1) is 19.0. The van der Waals surface area contributed by atoms with E-state index in [2.05, 4.69) is 5.32 Å². The van der Waals surface area contributed by atoms with Gasteiger partial charge in [0.15, 0.2) is 24.7 Å². The van der Waals surface area contributed by atoms with E-state index in [9.17, 15) is 14.4 Å². The van der Waals surface area contributed by atoms with Crippen molar-refractivity contribution >= 4 is 46.5 Å². The van der Waals surface area contributed by atoms with Crippen molar-refractivity contribution in [1.29, 1.82) is 0 Å². The molecule has 0 spiro atoms. The van der Waals surface area contributed by atoms with Crippen molar-refractivity contribution in [2.24, 2.45) is 0 Å².